The van der Waals surface area contributed by atoms with Crippen molar-refractivity contribution in [1.29, 1.82) is 0 Å². The lowest BCUT2D eigenvalue weighted by atomic mass is 9.94. The first-order valence-electron chi connectivity index (χ1n) is 34.9. The van der Waals surface area contributed by atoms with Crippen molar-refractivity contribution >= 4 is 53.2 Å². The second kappa shape index (κ2) is 42.1. The van der Waals surface area contributed by atoms with Crippen LogP contribution in [0, 0.1) is 29.6 Å². The van der Waals surface area contributed by atoms with E-state index in [1.807, 2.05) is 179 Å². The van der Waals surface area contributed by atoms with Crippen LogP contribution in [0.1, 0.15) is 171 Å². The normalized spacial score (nSPS) is 15.5. The number of ketones is 1. The zero-order valence-electron chi connectivity index (χ0n) is 61.0. The molecule has 5 N–H and O–H groups in total. The zero-order valence-corrected chi connectivity index (χ0v) is 61.0. The maximum Gasteiger partial charge on any atom is 0.329 e. The highest BCUT2D eigenvalue weighted by Crippen LogP contribution is 2.25. The number of ether oxygens (including phenoxy) is 5. The Morgan fingerprint density at radius 2 is 1.12 bits per heavy atom. The van der Waals surface area contributed by atoms with Gasteiger partial charge in [0, 0.05) is 65.7 Å². The van der Waals surface area contributed by atoms with Crippen LogP contribution >= 0.6 is 0 Å². The van der Waals surface area contributed by atoms with Crippen molar-refractivity contribution in [2.45, 2.75) is 229 Å². The van der Waals surface area contributed by atoms with Crippen molar-refractivity contribution in [1.82, 2.24) is 36.4 Å². The number of Topliss-reactive ketones (excluding diaryl/α,β-unsaturated/α-hetero) is 1. The van der Waals surface area contributed by atoms with Crippen LogP contribution in [-0.4, -0.2) is 145 Å². The summed E-state index contributed by atoms with van der Waals surface area (Å²) in [5, 5.41) is 14.0. The maximum absolute atomic E-state index is 15.4. The van der Waals surface area contributed by atoms with Crippen molar-refractivity contribution in [3.8, 4) is 5.75 Å². The van der Waals surface area contributed by atoms with Gasteiger partial charge < -0.3 is 55.2 Å². The fourth-order valence-corrected chi connectivity index (χ4v) is 11.1. The van der Waals surface area contributed by atoms with E-state index in [1.54, 1.807) is 26.1 Å². The molecule has 5 rings (SSSR count). The molecule has 1 saturated heterocycles. The smallest absolute Gasteiger partial charge is 0.329 e. The summed E-state index contributed by atoms with van der Waals surface area (Å²) in [4.78, 5) is 126. The van der Waals surface area contributed by atoms with Gasteiger partial charge in [0.25, 0.3) is 0 Å². The predicted octanol–water partition coefficient (Wildman–Crippen LogP) is 9.99. The molecule has 0 radical (unpaired) electrons. The van der Waals surface area contributed by atoms with Crippen LogP contribution in [0.25, 0.3) is 0 Å². The number of likely N-dealkylation sites (N-methyl/N-ethyl adjacent to an activating group) is 1. The molecule has 4 aromatic rings. The second-order valence-electron chi connectivity index (χ2n) is 27.7. The summed E-state index contributed by atoms with van der Waals surface area (Å²) in [6, 6.07) is 29.1. The molecule has 1 heterocycles. The first-order chi connectivity index (χ1) is 46.4. The van der Waals surface area contributed by atoms with Crippen LogP contribution in [0.5, 0.6) is 5.75 Å². The Morgan fingerprint density at radius 1 is 0.602 bits per heavy atom. The van der Waals surface area contributed by atoms with Gasteiger partial charge in [-0.3, -0.25) is 38.5 Å². The Morgan fingerprint density at radius 3 is 1.62 bits per heavy atom. The van der Waals surface area contributed by atoms with Gasteiger partial charge in [0.2, 0.25) is 35.4 Å². The average Bonchev–Trinajstić information content (AvgIpc) is 0.874. The van der Waals surface area contributed by atoms with E-state index >= 15 is 14.4 Å². The fraction of sp³-hybridized carbons (Fsp3) is 0.571. The lowest BCUT2D eigenvalue weighted by Gasteiger charge is -2.36. The summed E-state index contributed by atoms with van der Waals surface area (Å²) < 4.78 is 29.4. The van der Waals surface area contributed by atoms with Crippen LogP contribution in [0.2, 0.25) is 0 Å². The molecule has 1 aliphatic heterocycles. The third-order valence-electron chi connectivity index (χ3n) is 17.3. The number of esters is 2. The van der Waals surface area contributed by atoms with Crippen LogP contribution in [-0.2, 0) is 88.2 Å². The number of benzene rings is 4. The van der Waals surface area contributed by atoms with Gasteiger partial charge in [-0.05, 0) is 105 Å². The van der Waals surface area contributed by atoms with Gasteiger partial charge in [-0.1, -0.05) is 178 Å². The summed E-state index contributed by atoms with van der Waals surface area (Å²) in [5.41, 5.74) is 2.94. The Bertz CT molecular complexity index is 3060. The standard InChI is InChI=1S/C66H92N6O12.C11H21NO2/c1-13-44(5)57(69-60(74)54(34-35-56-80-36-37-81-56)72(40-49-24-18-15-19-25-49)41-50-26-20-16-21-27-50)63(77)71(12)55(39-48-30-32-52(33-31-48)84-66(9,10)11)61(75)70-58(45(6)14-2)65(79)83-46(7)59(67-47(8)73)62(76)68-53(38-43(3)4)64(78)82-42-51-28-22-17-23-29-51;1-8(2)10(13)7-9(3)5-6-11(14)12-4/h15-33,43-46,53-59H,13-14,34-42H2,1-12H3,(H,67,73)(H,68,76)(H,69,74)(H,70,75);8-9H,5-7H2,1-4H3,(H,12,14)/t44-,45-,46+,53-,54-,55-,57-,58-,59-;9-/m01/s1. The van der Waals surface area contributed by atoms with Crippen molar-refractivity contribution in [3.05, 3.63) is 138 Å². The van der Waals surface area contributed by atoms with Crippen LogP contribution in [0.4, 0.5) is 0 Å². The Kier molecular flexibility index (Phi) is 35.4. The van der Waals surface area contributed by atoms with Gasteiger partial charge in [0.1, 0.15) is 60.1 Å². The molecule has 10 atom stereocenters. The van der Waals surface area contributed by atoms with Gasteiger partial charge in [-0.25, -0.2) is 9.59 Å². The Balaban J connectivity index is 0.00000130. The first-order valence-corrected chi connectivity index (χ1v) is 34.9. The van der Waals surface area contributed by atoms with E-state index in [4.69, 9.17) is 23.7 Å². The fourth-order valence-electron chi connectivity index (χ4n) is 11.1. The van der Waals surface area contributed by atoms with Gasteiger partial charge in [0.05, 0.1) is 19.3 Å². The van der Waals surface area contributed by atoms with Crippen molar-refractivity contribution < 1.29 is 66.8 Å². The molecular weight excluding hydrogens is 1250 g/mol. The zero-order chi connectivity index (χ0) is 72.6. The number of carbonyl (C=O) groups excluding carboxylic acids is 9. The molecule has 6 amide bonds. The lowest BCUT2D eigenvalue weighted by molar-refractivity contribution is -0.158. The van der Waals surface area contributed by atoms with Crippen molar-refractivity contribution in [2.75, 3.05) is 27.3 Å². The number of nitrogens with one attached hydrogen (secondary N) is 5. The van der Waals surface area contributed by atoms with E-state index < -0.39 is 102 Å². The molecule has 21 nitrogen and oxygen atoms in total. The highest BCUT2D eigenvalue weighted by molar-refractivity contribution is 5.95. The molecule has 540 valence electrons. The van der Waals surface area contributed by atoms with Gasteiger partial charge in [-0.15, -0.1) is 0 Å². The third kappa shape index (κ3) is 29.2. The number of amides is 6. The van der Waals surface area contributed by atoms with E-state index in [1.165, 1.54) is 25.8 Å². The quantitative estimate of drug-likeness (QED) is 0.0261. The molecule has 0 aliphatic carbocycles. The summed E-state index contributed by atoms with van der Waals surface area (Å²) in [6.45, 7) is 27.2. The topological polar surface area (TPSA) is 266 Å². The van der Waals surface area contributed by atoms with Gasteiger partial charge in [0.15, 0.2) is 6.29 Å². The number of carbonyl (C=O) groups is 9. The van der Waals surface area contributed by atoms with Gasteiger partial charge >= 0.3 is 11.9 Å². The molecule has 1 fully saturated rings. The first kappa shape index (κ1) is 82.4. The van der Waals surface area contributed by atoms with E-state index in [9.17, 15) is 28.8 Å². The second-order valence-corrected chi connectivity index (χ2v) is 27.7. The van der Waals surface area contributed by atoms with Crippen molar-refractivity contribution in [3.63, 3.8) is 0 Å². The molecular formula is C77H113N7O14. The molecule has 98 heavy (non-hydrogen) atoms. The third-order valence-corrected chi connectivity index (χ3v) is 17.3. The van der Waals surface area contributed by atoms with Crippen LogP contribution in [0.3, 0.4) is 0 Å². The maximum atomic E-state index is 15.4. The summed E-state index contributed by atoms with van der Waals surface area (Å²) in [5.74, 6) is -4.17. The average molecular weight is 1360 g/mol. The highest BCUT2D eigenvalue weighted by Gasteiger charge is 2.41. The van der Waals surface area contributed by atoms with Crippen LogP contribution in [0.15, 0.2) is 115 Å². The highest BCUT2D eigenvalue weighted by atomic mass is 16.7. The van der Waals surface area contributed by atoms with Gasteiger partial charge in [-0.2, -0.15) is 0 Å². The monoisotopic (exact) mass is 1360 g/mol. The summed E-state index contributed by atoms with van der Waals surface area (Å²) >= 11 is 0. The minimum absolute atomic E-state index is 0.00817. The molecule has 0 bridgehead atoms. The predicted molar refractivity (Wildman–Crippen MR) is 378 cm³/mol. The number of rotatable bonds is 38. The molecule has 4 aromatic carbocycles. The molecule has 1 aliphatic rings. The molecule has 0 saturated carbocycles. The number of hydrogen-bond donors (Lipinski definition) is 5. The van der Waals surface area contributed by atoms with Crippen molar-refractivity contribution in [2.24, 2.45) is 29.6 Å². The Labute approximate surface area is 582 Å². The van der Waals surface area contributed by atoms with E-state index in [-0.39, 0.29) is 48.9 Å². The number of nitrogens with zero attached hydrogens (tertiary/aromatic N) is 2. The van der Waals surface area contributed by atoms with E-state index in [0.717, 1.165) is 23.1 Å². The molecule has 0 aromatic heterocycles. The summed E-state index contributed by atoms with van der Waals surface area (Å²) in [6.07, 6.45) is 1.97. The van der Waals surface area contributed by atoms with E-state index in [0.29, 0.717) is 82.1 Å². The molecule has 0 spiro atoms. The minimum Gasteiger partial charge on any atom is -0.488 e. The molecule has 21 heteroatoms. The number of hydrogen-bond acceptors (Lipinski definition) is 15. The van der Waals surface area contributed by atoms with Crippen LogP contribution < -0.4 is 31.3 Å². The minimum atomic E-state index is -1.46. The van der Waals surface area contributed by atoms with E-state index in [2.05, 4.69) is 31.5 Å². The molecule has 0 unspecified atom stereocenters. The SMILES string of the molecule is CC[C@H](C)[C@H](NC(=O)[C@H](Cc1ccc(OC(C)(C)C)cc1)N(C)C(=O)[C@@H](NC(=O)[C@H](CCC1OCCO1)N(Cc1ccccc1)Cc1ccccc1)[C@@H](C)CC)C(=O)O[C@H](C)[C@H](NC(C)=O)C(=O)N[C@@H](CC(C)C)C(=O)OCc1ccccc1.CNC(=O)CC[C@@H](C)CC(=O)C(C)C. The summed E-state index contributed by atoms with van der Waals surface area (Å²) in [7, 11) is 3.15. The largest absolute Gasteiger partial charge is 0.488 e. The lowest BCUT2D eigenvalue weighted by Crippen LogP contribution is -2.60. The Hall–Kier alpha value is -8.01.